The van der Waals surface area contributed by atoms with E-state index in [9.17, 15) is 4.79 Å². The standard InChI is InChI=1S/C22H31NO3/c1-4-6-12-20(22(24)25-14-13-23)16-21(15-18(3)5-2)26-17-19-10-8-7-9-11-19/h7-11,15-16H,3-6,12-14,17,23H2,1-2H3/b20-16+,21-15+. The fraction of sp³-hybridized carbons (Fsp3) is 0.409. The van der Waals surface area contributed by atoms with Crippen LogP contribution in [0.2, 0.25) is 0 Å². The van der Waals surface area contributed by atoms with E-state index in [1.54, 1.807) is 6.08 Å². The summed E-state index contributed by atoms with van der Waals surface area (Å²) in [7, 11) is 0. The van der Waals surface area contributed by atoms with Crippen molar-refractivity contribution in [3.05, 3.63) is 71.5 Å². The van der Waals surface area contributed by atoms with Crippen molar-refractivity contribution >= 4 is 5.97 Å². The summed E-state index contributed by atoms with van der Waals surface area (Å²) in [6.45, 7) is 9.09. The summed E-state index contributed by atoms with van der Waals surface area (Å²) < 4.78 is 11.2. The molecule has 0 radical (unpaired) electrons. The van der Waals surface area contributed by atoms with Crippen molar-refractivity contribution < 1.29 is 14.3 Å². The van der Waals surface area contributed by atoms with Crippen LogP contribution < -0.4 is 5.73 Å². The minimum Gasteiger partial charge on any atom is -0.489 e. The number of hydrogen-bond acceptors (Lipinski definition) is 4. The van der Waals surface area contributed by atoms with Crippen LogP contribution in [-0.4, -0.2) is 19.1 Å². The van der Waals surface area contributed by atoms with Gasteiger partial charge in [0.25, 0.3) is 0 Å². The van der Waals surface area contributed by atoms with Gasteiger partial charge in [-0.3, -0.25) is 0 Å². The number of carbonyl (C=O) groups is 1. The number of esters is 1. The Labute approximate surface area is 157 Å². The van der Waals surface area contributed by atoms with Gasteiger partial charge in [0.15, 0.2) is 0 Å². The Bertz CT molecular complexity index is 618. The minimum absolute atomic E-state index is 0.216. The second-order valence-electron chi connectivity index (χ2n) is 6.03. The molecular formula is C22H31NO3. The summed E-state index contributed by atoms with van der Waals surface area (Å²) in [6, 6.07) is 9.92. The van der Waals surface area contributed by atoms with Gasteiger partial charge in [-0.05, 0) is 37.0 Å². The quantitative estimate of drug-likeness (QED) is 0.255. The van der Waals surface area contributed by atoms with Gasteiger partial charge in [-0.1, -0.05) is 62.8 Å². The van der Waals surface area contributed by atoms with E-state index in [0.29, 0.717) is 30.9 Å². The molecule has 0 saturated heterocycles. The van der Waals surface area contributed by atoms with Gasteiger partial charge in [0.2, 0.25) is 0 Å². The molecule has 0 aliphatic carbocycles. The third-order valence-corrected chi connectivity index (χ3v) is 3.78. The van der Waals surface area contributed by atoms with E-state index in [2.05, 4.69) is 13.5 Å². The van der Waals surface area contributed by atoms with Gasteiger partial charge in [-0.15, -0.1) is 0 Å². The van der Waals surface area contributed by atoms with Crippen LogP contribution in [0.1, 0.15) is 45.1 Å². The fourth-order valence-electron chi connectivity index (χ4n) is 2.19. The topological polar surface area (TPSA) is 61.5 Å². The molecule has 0 saturated carbocycles. The predicted molar refractivity (Wildman–Crippen MR) is 106 cm³/mol. The third kappa shape index (κ3) is 8.67. The molecule has 1 aromatic carbocycles. The molecule has 142 valence electrons. The number of unbranched alkanes of at least 4 members (excludes halogenated alkanes) is 1. The van der Waals surface area contributed by atoms with E-state index in [4.69, 9.17) is 15.2 Å². The maximum Gasteiger partial charge on any atom is 0.334 e. The maximum atomic E-state index is 12.3. The lowest BCUT2D eigenvalue weighted by atomic mass is 10.1. The molecule has 0 atom stereocenters. The lowest BCUT2D eigenvalue weighted by molar-refractivity contribution is -0.138. The van der Waals surface area contributed by atoms with Crippen molar-refractivity contribution in [3.8, 4) is 0 Å². The Morgan fingerprint density at radius 3 is 2.50 bits per heavy atom. The van der Waals surface area contributed by atoms with Crippen molar-refractivity contribution in [1.82, 2.24) is 0 Å². The van der Waals surface area contributed by atoms with Gasteiger partial charge in [-0.25, -0.2) is 4.79 Å². The van der Waals surface area contributed by atoms with Crippen LogP contribution in [0.4, 0.5) is 0 Å². The van der Waals surface area contributed by atoms with Gasteiger partial charge in [-0.2, -0.15) is 0 Å². The van der Waals surface area contributed by atoms with E-state index < -0.39 is 0 Å². The van der Waals surface area contributed by atoms with Crippen molar-refractivity contribution in [1.29, 1.82) is 0 Å². The summed E-state index contributed by atoms with van der Waals surface area (Å²) in [6.07, 6.45) is 7.01. The Morgan fingerprint density at radius 1 is 1.15 bits per heavy atom. The first-order chi connectivity index (χ1) is 12.6. The first-order valence-corrected chi connectivity index (χ1v) is 9.24. The van der Waals surface area contributed by atoms with E-state index in [1.165, 1.54) is 0 Å². The van der Waals surface area contributed by atoms with Gasteiger partial charge in [0.1, 0.15) is 19.0 Å². The second-order valence-corrected chi connectivity index (χ2v) is 6.03. The number of nitrogens with two attached hydrogens (primary N) is 1. The molecule has 26 heavy (non-hydrogen) atoms. The zero-order chi connectivity index (χ0) is 19.2. The van der Waals surface area contributed by atoms with E-state index in [1.807, 2.05) is 43.3 Å². The SMILES string of the molecule is C=C(/C=C(\C=C(/CCCC)C(=O)OCCN)OCc1ccccc1)CC. The zero-order valence-corrected chi connectivity index (χ0v) is 16.0. The highest BCUT2D eigenvalue weighted by Crippen LogP contribution is 2.17. The molecule has 0 spiro atoms. The highest BCUT2D eigenvalue weighted by Gasteiger charge is 2.12. The number of hydrogen-bond donors (Lipinski definition) is 1. The molecule has 0 bridgehead atoms. The Hall–Kier alpha value is -2.33. The van der Waals surface area contributed by atoms with E-state index >= 15 is 0 Å². The molecule has 0 aliphatic rings. The third-order valence-electron chi connectivity index (χ3n) is 3.78. The zero-order valence-electron chi connectivity index (χ0n) is 16.0. The number of allylic oxidation sites excluding steroid dienone is 3. The predicted octanol–water partition coefficient (Wildman–Crippen LogP) is 4.67. The van der Waals surface area contributed by atoms with Crippen LogP contribution in [0.25, 0.3) is 0 Å². The van der Waals surface area contributed by atoms with Crippen molar-refractivity contribution in [2.24, 2.45) is 5.73 Å². The Kier molecular flexibility index (Phi) is 10.8. The summed E-state index contributed by atoms with van der Waals surface area (Å²) in [4.78, 5) is 12.3. The summed E-state index contributed by atoms with van der Waals surface area (Å²) in [5.41, 5.74) is 8.03. The van der Waals surface area contributed by atoms with Gasteiger partial charge < -0.3 is 15.2 Å². The average Bonchev–Trinajstić information content (AvgIpc) is 2.67. The highest BCUT2D eigenvalue weighted by molar-refractivity contribution is 5.89. The molecule has 2 N–H and O–H groups in total. The van der Waals surface area contributed by atoms with Crippen molar-refractivity contribution in [3.63, 3.8) is 0 Å². The first kappa shape index (κ1) is 21.7. The van der Waals surface area contributed by atoms with E-state index in [-0.39, 0.29) is 12.6 Å². The van der Waals surface area contributed by atoms with Gasteiger partial charge in [0.05, 0.1) is 0 Å². The molecule has 0 aromatic heterocycles. The van der Waals surface area contributed by atoms with Crippen LogP contribution in [-0.2, 0) is 20.9 Å². The maximum absolute atomic E-state index is 12.3. The molecule has 4 nitrogen and oxygen atoms in total. The number of carbonyl (C=O) groups excluding carboxylic acids is 1. The normalized spacial score (nSPS) is 12.0. The Balaban J connectivity index is 2.98. The molecule has 0 heterocycles. The minimum atomic E-state index is -0.333. The molecule has 1 rings (SSSR count). The molecule has 0 aliphatic heterocycles. The largest absolute Gasteiger partial charge is 0.489 e. The Morgan fingerprint density at radius 2 is 1.88 bits per heavy atom. The summed E-state index contributed by atoms with van der Waals surface area (Å²) in [5, 5.41) is 0. The lowest BCUT2D eigenvalue weighted by Crippen LogP contribution is -2.15. The van der Waals surface area contributed by atoms with Gasteiger partial charge >= 0.3 is 5.97 Å². The smallest absolute Gasteiger partial charge is 0.334 e. The van der Waals surface area contributed by atoms with Crippen LogP contribution in [0.15, 0.2) is 66.0 Å². The van der Waals surface area contributed by atoms with Crippen LogP contribution >= 0.6 is 0 Å². The molecule has 4 heteroatoms. The number of ether oxygens (including phenoxy) is 2. The molecule has 1 aromatic rings. The molecule has 0 fully saturated rings. The van der Waals surface area contributed by atoms with E-state index in [0.717, 1.165) is 30.4 Å². The fourth-order valence-corrected chi connectivity index (χ4v) is 2.19. The van der Waals surface area contributed by atoms with Gasteiger partial charge in [0, 0.05) is 12.1 Å². The van der Waals surface area contributed by atoms with Crippen molar-refractivity contribution in [2.45, 2.75) is 46.1 Å². The molecule has 0 unspecified atom stereocenters. The second kappa shape index (κ2) is 13.0. The number of benzene rings is 1. The summed E-state index contributed by atoms with van der Waals surface area (Å²) in [5.74, 6) is 0.289. The highest BCUT2D eigenvalue weighted by atomic mass is 16.5. The molecule has 0 amide bonds. The van der Waals surface area contributed by atoms with Crippen molar-refractivity contribution in [2.75, 3.05) is 13.2 Å². The number of rotatable bonds is 12. The van der Waals surface area contributed by atoms with Crippen LogP contribution in [0.5, 0.6) is 0 Å². The molecular weight excluding hydrogens is 326 g/mol. The monoisotopic (exact) mass is 357 g/mol. The first-order valence-electron chi connectivity index (χ1n) is 9.24. The van der Waals surface area contributed by atoms with Crippen LogP contribution in [0, 0.1) is 0 Å². The lowest BCUT2D eigenvalue weighted by Gasteiger charge is -2.12. The average molecular weight is 357 g/mol. The van der Waals surface area contributed by atoms with Crippen LogP contribution in [0.3, 0.4) is 0 Å². The summed E-state index contributed by atoms with van der Waals surface area (Å²) >= 11 is 0.